The summed E-state index contributed by atoms with van der Waals surface area (Å²) in [6.45, 7) is 5.79. The van der Waals surface area contributed by atoms with E-state index in [2.05, 4.69) is 22.9 Å². The Morgan fingerprint density at radius 2 is 2.14 bits per heavy atom. The third kappa shape index (κ3) is 2.13. The van der Waals surface area contributed by atoms with Crippen molar-refractivity contribution in [2.45, 2.75) is 32.7 Å². The lowest BCUT2D eigenvalue weighted by Crippen LogP contribution is -2.19. The van der Waals surface area contributed by atoms with Crippen LogP contribution in [-0.4, -0.2) is 23.0 Å². The fourth-order valence-electron chi connectivity index (χ4n) is 2.12. The van der Waals surface area contributed by atoms with Crippen LogP contribution in [0, 0.1) is 0 Å². The fourth-order valence-corrected chi connectivity index (χ4v) is 2.12. The Bertz CT molecular complexity index is 290. The molecular weight excluding hydrogens is 172 g/mol. The first kappa shape index (κ1) is 9.66. The lowest BCUT2D eigenvalue weighted by atomic mass is 10.1. The van der Waals surface area contributed by atoms with Gasteiger partial charge in [-0.05, 0) is 44.0 Å². The number of aryl methyl sites for hydroxylation is 1. The molecule has 1 saturated heterocycles. The highest BCUT2D eigenvalue weighted by Gasteiger charge is 2.13. The minimum atomic E-state index is 1.05. The highest BCUT2D eigenvalue weighted by molar-refractivity contribution is 5.19. The van der Waals surface area contributed by atoms with Crippen molar-refractivity contribution >= 4 is 0 Å². The lowest BCUT2D eigenvalue weighted by molar-refractivity contribution is 0.330. The smallest absolute Gasteiger partial charge is 0.0445 e. The van der Waals surface area contributed by atoms with E-state index in [1.807, 2.05) is 12.3 Å². The largest absolute Gasteiger partial charge is 0.299 e. The van der Waals surface area contributed by atoms with Crippen molar-refractivity contribution in [2.24, 2.45) is 0 Å². The minimum absolute atomic E-state index is 1.05. The molecule has 0 radical (unpaired) electrons. The van der Waals surface area contributed by atoms with E-state index < -0.39 is 0 Å². The van der Waals surface area contributed by atoms with Crippen molar-refractivity contribution in [1.82, 2.24) is 9.88 Å². The van der Waals surface area contributed by atoms with Gasteiger partial charge in [0.1, 0.15) is 0 Å². The second kappa shape index (κ2) is 4.56. The molecule has 0 N–H and O–H groups in total. The Morgan fingerprint density at radius 1 is 1.36 bits per heavy atom. The molecule has 2 rings (SSSR count). The molecular formula is C12H18N2. The van der Waals surface area contributed by atoms with Crippen LogP contribution in [0.15, 0.2) is 18.3 Å². The van der Waals surface area contributed by atoms with Crippen LogP contribution in [0.1, 0.15) is 31.0 Å². The van der Waals surface area contributed by atoms with Gasteiger partial charge in [-0.3, -0.25) is 9.88 Å². The normalized spacial score (nSPS) is 17.5. The van der Waals surface area contributed by atoms with Crippen molar-refractivity contribution in [3.63, 3.8) is 0 Å². The number of nitrogens with zero attached hydrogens (tertiary/aromatic N) is 2. The zero-order valence-electron chi connectivity index (χ0n) is 8.87. The monoisotopic (exact) mass is 190 g/mol. The summed E-state index contributed by atoms with van der Waals surface area (Å²) in [5.74, 6) is 0. The van der Waals surface area contributed by atoms with Crippen LogP contribution in [0.3, 0.4) is 0 Å². The maximum atomic E-state index is 4.41. The summed E-state index contributed by atoms with van der Waals surface area (Å²) in [7, 11) is 0. The molecule has 2 heteroatoms. The van der Waals surface area contributed by atoms with E-state index in [1.165, 1.54) is 37.2 Å². The number of hydrogen-bond donors (Lipinski definition) is 0. The van der Waals surface area contributed by atoms with Crippen LogP contribution in [-0.2, 0) is 13.0 Å². The number of rotatable bonds is 3. The van der Waals surface area contributed by atoms with Gasteiger partial charge in [0.25, 0.3) is 0 Å². The second-order valence-corrected chi connectivity index (χ2v) is 3.95. The first-order valence-corrected chi connectivity index (χ1v) is 5.55. The van der Waals surface area contributed by atoms with Crippen molar-refractivity contribution < 1.29 is 0 Å². The minimum Gasteiger partial charge on any atom is -0.299 e. The van der Waals surface area contributed by atoms with Gasteiger partial charge in [0.05, 0.1) is 0 Å². The van der Waals surface area contributed by atoms with Gasteiger partial charge in [-0.25, -0.2) is 0 Å². The van der Waals surface area contributed by atoms with Gasteiger partial charge in [0.2, 0.25) is 0 Å². The molecule has 0 saturated carbocycles. The van der Waals surface area contributed by atoms with E-state index in [-0.39, 0.29) is 0 Å². The average molecular weight is 190 g/mol. The topological polar surface area (TPSA) is 16.1 Å². The summed E-state index contributed by atoms with van der Waals surface area (Å²) in [6.07, 6.45) is 5.67. The molecule has 2 heterocycles. The Kier molecular flexibility index (Phi) is 3.14. The highest BCUT2D eigenvalue weighted by atomic mass is 15.1. The zero-order valence-corrected chi connectivity index (χ0v) is 8.87. The van der Waals surface area contributed by atoms with E-state index >= 15 is 0 Å². The van der Waals surface area contributed by atoms with E-state index in [0.29, 0.717) is 0 Å². The van der Waals surface area contributed by atoms with Gasteiger partial charge in [0, 0.05) is 18.4 Å². The predicted octanol–water partition coefficient (Wildman–Crippen LogP) is 2.24. The van der Waals surface area contributed by atoms with Gasteiger partial charge in [-0.15, -0.1) is 0 Å². The van der Waals surface area contributed by atoms with Crippen molar-refractivity contribution in [1.29, 1.82) is 0 Å². The summed E-state index contributed by atoms with van der Waals surface area (Å²) in [5.41, 5.74) is 2.68. The van der Waals surface area contributed by atoms with Crippen LogP contribution >= 0.6 is 0 Å². The molecule has 0 aromatic carbocycles. The number of pyridine rings is 1. The van der Waals surface area contributed by atoms with Crippen molar-refractivity contribution in [3.8, 4) is 0 Å². The zero-order chi connectivity index (χ0) is 9.80. The van der Waals surface area contributed by atoms with Crippen LogP contribution in [0.4, 0.5) is 0 Å². The molecule has 1 aromatic heterocycles. The molecule has 0 unspecified atom stereocenters. The van der Waals surface area contributed by atoms with Gasteiger partial charge in [-0.1, -0.05) is 13.0 Å². The predicted molar refractivity (Wildman–Crippen MR) is 58.1 cm³/mol. The maximum Gasteiger partial charge on any atom is 0.0445 e. The first-order valence-electron chi connectivity index (χ1n) is 5.55. The van der Waals surface area contributed by atoms with Gasteiger partial charge in [-0.2, -0.15) is 0 Å². The van der Waals surface area contributed by atoms with Gasteiger partial charge < -0.3 is 0 Å². The summed E-state index contributed by atoms with van der Waals surface area (Å²) in [5, 5.41) is 0. The van der Waals surface area contributed by atoms with Crippen molar-refractivity contribution in [2.75, 3.05) is 13.1 Å². The number of likely N-dealkylation sites (tertiary alicyclic amines) is 1. The van der Waals surface area contributed by atoms with Crippen LogP contribution in [0.25, 0.3) is 0 Å². The average Bonchev–Trinajstić information content (AvgIpc) is 2.71. The fraction of sp³-hybridized carbons (Fsp3) is 0.583. The third-order valence-corrected chi connectivity index (χ3v) is 2.91. The molecule has 0 amide bonds. The van der Waals surface area contributed by atoms with E-state index in [9.17, 15) is 0 Å². The molecule has 1 fully saturated rings. The number of hydrogen-bond acceptors (Lipinski definition) is 2. The first-order chi connectivity index (χ1) is 6.90. The quantitative estimate of drug-likeness (QED) is 0.726. The molecule has 1 aliphatic heterocycles. The van der Waals surface area contributed by atoms with E-state index in [0.717, 1.165) is 13.0 Å². The molecule has 1 aromatic rings. The summed E-state index contributed by atoms with van der Waals surface area (Å²) in [6, 6.07) is 4.26. The molecule has 76 valence electrons. The summed E-state index contributed by atoms with van der Waals surface area (Å²) < 4.78 is 0. The van der Waals surface area contributed by atoms with Gasteiger partial charge >= 0.3 is 0 Å². The molecule has 2 nitrogen and oxygen atoms in total. The molecule has 14 heavy (non-hydrogen) atoms. The Hall–Kier alpha value is -0.890. The van der Waals surface area contributed by atoms with Crippen LogP contribution in [0.2, 0.25) is 0 Å². The summed E-state index contributed by atoms with van der Waals surface area (Å²) >= 11 is 0. The Labute approximate surface area is 86.0 Å². The Balaban J connectivity index is 2.07. The number of aromatic nitrogens is 1. The van der Waals surface area contributed by atoms with E-state index in [1.54, 1.807) is 0 Å². The SMILES string of the molecule is CCc1ncccc1CN1CCCC1. The van der Waals surface area contributed by atoms with Crippen molar-refractivity contribution in [3.05, 3.63) is 29.6 Å². The maximum absolute atomic E-state index is 4.41. The molecule has 1 aliphatic rings. The molecule has 0 aliphatic carbocycles. The lowest BCUT2D eigenvalue weighted by Gasteiger charge is -2.16. The Morgan fingerprint density at radius 3 is 2.86 bits per heavy atom. The molecule has 0 spiro atoms. The standard InChI is InChI=1S/C12H18N2/c1-2-12-11(6-5-7-13-12)10-14-8-3-4-9-14/h5-7H,2-4,8-10H2,1H3. The highest BCUT2D eigenvalue weighted by Crippen LogP contribution is 2.14. The van der Waals surface area contributed by atoms with E-state index in [4.69, 9.17) is 0 Å². The van der Waals surface area contributed by atoms with Crippen LogP contribution in [0.5, 0.6) is 0 Å². The second-order valence-electron chi connectivity index (χ2n) is 3.95. The molecule has 0 bridgehead atoms. The van der Waals surface area contributed by atoms with Gasteiger partial charge in [0.15, 0.2) is 0 Å². The third-order valence-electron chi connectivity index (χ3n) is 2.91. The van der Waals surface area contributed by atoms with Crippen LogP contribution < -0.4 is 0 Å². The molecule has 0 atom stereocenters. The summed E-state index contributed by atoms with van der Waals surface area (Å²) in [4.78, 5) is 6.94.